The number of aromatic nitrogens is 3. The third-order valence-corrected chi connectivity index (χ3v) is 11.0. The molecule has 1 spiro atoms. The van der Waals surface area contributed by atoms with Gasteiger partial charge in [0.05, 0.1) is 16.5 Å². The van der Waals surface area contributed by atoms with Crippen LogP contribution in [0.4, 0.5) is 23.8 Å². The molecule has 1 amide bonds. The number of phenols is 1. The molecule has 3 saturated heterocycles. The highest BCUT2D eigenvalue weighted by atomic mass is 19.1. The fourth-order valence-corrected chi connectivity index (χ4v) is 8.53. The second kappa shape index (κ2) is 12.1. The zero-order chi connectivity index (χ0) is 35.9. The maximum Gasteiger partial charge on any atom is 0.410 e. The van der Waals surface area contributed by atoms with Crippen molar-refractivity contribution in [1.29, 1.82) is 0 Å². The maximum absolute atomic E-state index is 17.0. The van der Waals surface area contributed by atoms with E-state index in [4.69, 9.17) is 14.5 Å². The number of halogens is 3. The molecule has 0 bridgehead atoms. The van der Waals surface area contributed by atoms with E-state index in [1.807, 2.05) is 32.6 Å². The molecule has 4 fully saturated rings. The number of fused-ring (bicyclic) bond motifs is 3. The molecule has 1 saturated carbocycles. The lowest BCUT2D eigenvalue weighted by Crippen LogP contribution is -2.58. The third kappa shape index (κ3) is 5.87. The molecule has 2 aromatic carbocycles. The SMILES string of the molecule is CCc1c(F)ccc2cc(O)cc(-c3ncc4c(N5CCN(C(=O)OC(C)(C)C)C6(CC6)C5)nc(OC[C@@]56CCCN5C[C@H](F)C6)nc4c3F)c12. The molecular formula is C38H43F3N6O4. The summed E-state index contributed by atoms with van der Waals surface area (Å²) in [4.78, 5) is 33.2. The summed E-state index contributed by atoms with van der Waals surface area (Å²) in [5.74, 6) is -0.890. The molecule has 1 N–H and O–H groups in total. The van der Waals surface area contributed by atoms with Crippen LogP contribution in [-0.2, 0) is 11.2 Å². The van der Waals surface area contributed by atoms with Gasteiger partial charge >= 0.3 is 12.1 Å². The maximum atomic E-state index is 17.0. The van der Waals surface area contributed by atoms with Gasteiger partial charge in [-0.3, -0.25) is 14.8 Å². The Bertz CT molecular complexity index is 2050. The van der Waals surface area contributed by atoms with Crippen LogP contribution in [0.1, 0.15) is 65.4 Å². The summed E-state index contributed by atoms with van der Waals surface area (Å²) in [5, 5.41) is 12.0. The van der Waals surface area contributed by atoms with Crippen LogP contribution in [0, 0.1) is 11.6 Å². The Labute approximate surface area is 294 Å². The fourth-order valence-electron chi connectivity index (χ4n) is 8.53. The zero-order valence-corrected chi connectivity index (χ0v) is 29.4. The van der Waals surface area contributed by atoms with Crippen molar-refractivity contribution in [1.82, 2.24) is 24.8 Å². The summed E-state index contributed by atoms with van der Waals surface area (Å²) in [6, 6.07) is 5.76. The van der Waals surface area contributed by atoms with E-state index in [9.17, 15) is 14.3 Å². The van der Waals surface area contributed by atoms with Crippen molar-refractivity contribution in [3.8, 4) is 23.0 Å². The second-order valence-electron chi connectivity index (χ2n) is 15.6. The van der Waals surface area contributed by atoms with Crippen LogP contribution in [-0.4, -0.2) is 98.1 Å². The lowest BCUT2D eigenvalue weighted by atomic mass is 9.94. The van der Waals surface area contributed by atoms with Crippen molar-refractivity contribution in [2.75, 3.05) is 44.2 Å². The topological polar surface area (TPSA) is 104 Å². The molecule has 8 rings (SSSR count). The van der Waals surface area contributed by atoms with Crippen molar-refractivity contribution in [2.24, 2.45) is 0 Å². The first-order valence-electron chi connectivity index (χ1n) is 17.9. The number of aromatic hydroxyl groups is 1. The van der Waals surface area contributed by atoms with E-state index >= 15 is 8.78 Å². The quantitative estimate of drug-likeness (QED) is 0.229. The van der Waals surface area contributed by atoms with Crippen molar-refractivity contribution in [3.63, 3.8) is 0 Å². The number of rotatable bonds is 6. The Morgan fingerprint density at radius 1 is 1.10 bits per heavy atom. The molecule has 5 heterocycles. The van der Waals surface area contributed by atoms with Gasteiger partial charge in [0.15, 0.2) is 5.82 Å². The number of benzene rings is 2. The lowest BCUT2D eigenvalue weighted by Gasteiger charge is -2.43. The summed E-state index contributed by atoms with van der Waals surface area (Å²) in [5.41, 5.74) is -1.07. The Morgan fingerprint density at radius 3 is 2.65 bits per heavy atom. The van der Waals surface area contributed by atoms with Gasteiger partial charge in [-0.1, -0.05) is 13.0 Å². The number of ether oxygens (including phenoxy) is 2. The van der Waals surface area contributed by atoms with E-state index in [0.29, 0.717) is 66.6 Å². The Morgan fingerprint density at radius 2 is 1.90 bits per heavy atom. The van der Waals surface area contributed by atoms with Gasteiger partial charge in [-0.25, -0.2) is 18.0 Å². The van der Waals surface area contributed by atoms with Crippen LogP contribution < -0.4 is 9.64 Å². The van der Waals surface area contributed by atoms with Gasteiger partial charge in [0.2, 0.25) is 0 Å². The van der Waals surface area contributed by atoms with Gasteiger partial charge < -0.3 is 19.5 Å². The first-order valence-corrected chi connectivity index (χ1v) is 17.9. The number of aryl methyl sites for hydroxylation is 1. The normalized spacial score (nSPS) is 23.0. The smallest absolute Gasteiger partial charge is 0.410 e. The number of amides is 1. The number of nitrogens with zero attached hydrogens (tertiary/aromatic N) is 6. The Hall–Kier alpha value is -4.39. The van der Waals surface area contributed by atoms with Gasteiger partial charge in [0, 0.05) is 44.4 Å². The van der Waals surface area contributed by atoms with Crippen LogP contribution in [0.3, 0.4) is 0 Å². The van der Waals surface area contributed by atoms with Crippen LogP contribution in [0.5, 0.6) is 11.8 Å². The standard InChI is InChI=1S/C38H43F3N6O4/c1-5-25-28(40)8-7-22-15-24(48)16-26(29(22)25)31-30(41)32-27(18-42-31)33(44-34(43-32)50-21-38-9-6-12-46(38)19-23(39)17-38)45-13-14-47(37(20-45)10-11-37)35(49)51-36(2,3)4/h7-8,15-16,18,23,48H,5-6,9-14,17,19-21H2,1-4H3/t23-,38+/m1/s1. The number of carbonyl (C=O) groups is 1. The summed E-state index contributed by atoms with van der Waals surface area (Å²) < 4.78 is 58.7. The number of piperazine rings is 1. The molecule has 2 atom stereocenters. The van der Waals surface area contributed by atoms with Crippen molar-refractivity contribution in [3.05, 3.63) is 47.7 Å². The molecule has 4 aromatic rings. The first kappa shape index (κ1) is 33.7. The van der Waals surface area contributed by atoms with Gasteiger partial charge in [-0.05, 0) is 94.0 Å². The van der Waals surface area contributed by atoms with Crippen molar-refractivity contribution in [2.45, 2.75) is 89.1 Å². The number of hydrogen-bond acceptors (Lipinski definition) is 9. The molecule has 3 aliphatic heterocycles. The average Bonchev–Trinajstić information content (AvgIpc) is 3.60. The largest absolute Gasteiger partial charge is 0.508 e. The summed E-state index contributed by atoms with van der Waals surface area (Å²) in [6.07, 6.45) is 4.19. The highest BCUT2D eigenvalue weighted by Crippen LogP contribution is 2.47. The summed E-state index contributed by atoms with van der Waals surface area (Å²) in [6.45, 7) is 9.86. The van der Waals surface area contributed by atoms with E-state index in [-0.39, 0.29) is 41.2 Å². The number of anilines is 1. The average molecular weight is 705 g/mol. The molecule has 13 heteroatoms. The van der Waals surface area contributed by atoms with Gasteiger partial charge in [-0.15, -0.1) is 0 Å². The zero-order valence-electron chi connectivity index (χ0n) is 29.4. The molecule has 10 nitrogen and oxygen atoms in total. The molecular weight excluding hydrogens is 661 g/mol. The molecule has 4 aliphatic rings. The number of pyridine rings is 1. The number of phenolic OH excluding ortho intramolecular Hbond substituents is 1. The number of alkyl halides is 1. The Balaban J connectivity index is 1.23. The predicted octanol–water partition coefficient (Wildman–Crippen LogP) is 6.94. The highest BCUT2D eigenvalue weighted by Gasteiger charge is 2.55. The van der Waals surface area contributed by atoms with Crippen LogP contribution in [0.15, 0.2) is 30.5 Å². The van der Waals surface area contributed by atoms with E-state index in [1.165, 1.54) is 24.4 Å². The minimum Gasteiger partial charge on any atom is -0.508 e. The molecule has 51 heavy (non-hydrogen) atoms. The van der Waals surface area contributed by atoms with Crippen molar-refractivity contribution >= 4 is 33.6 Å². The Kier molecular flexibility index (Phi) is 8.00. The van der Waals surface area contributed by atoms with E-state index in [2.05, 4.69) is 14.9 Å². The second-order valence-corrected chi connectivity index (χ2v) is 15.6. The monoisotopic (exact) mass is 704 g/mol. The minimum absolute atomic E-state index is 0.0408. The first-order chi connectivity index (χ1) is 24.3. The van der Waals surface area contributed by atoms with Crippen LogP contribution in [0.2, 0.25) is 0 Å². The van der Waals surface area contributed by atoms with E-state index < -0.39 is 34.5 Å². The van der Waals surface area contributed by atoms with Gasteiger partial charge in [-0.2, -0.15) is 9.97 Å². The molecule has 270 valence electrons. The highest BCUT2D eigenvalue weighted by molar-refractivity contribution is 6.01. The fraction of sp³-hybridized carbons (Fsp3) is 0.526. The van der Waals surface area contributed by atoms with Crippen LogP contribution in [0.25, 0.3) is 32.9 Å². The molecule has 0 unspecified atom stereocenters. The van der Waals surface area contributed by atoms with E-state index in [1.54, 1.807) is 11.0 Å². The van der Waals surface area contributed by atoms with E-state index in [0.717, 1.165) is 32.2 Å². The van der Waals surface area contributed by atoms with Gasteiger partial charge in [0.25, 0.3) is 0 Å². The summed E-state index contributed by atoms with van der Waals surface area (Å²) in [7, 11) is 0. The molecule has 0 radical (unpaired) electrons. The molecule has 2 aromatic heterocycles. The van der Waals surface area contributed by atoms with Crippen molar-refractivity contribution < 1.29 is 32.5 Å². The third-order valence-electron chi connectivity index (χ3n) is 11.0. The lowest BCUT2D eigenvalue weighted by molar-refractivity contribution is 0.0106. The molecule has 1 aliphatic carbocycles. The predicted molar refractivity (Wildman–Crippen MR) is 187 cm³/mol. The number of carbonyl (C=O) groups excluding carboxylic acids is 1. The van der Waals surface area contributed by atoms with Crippen LogP contribution >= 0.6 is 0 Å². The number of hydrogen-bond donors (Lipinski definition) is 1. The van der Waals surface area contributed by atoms with Gasteiger partial charge in [0.1, 0.15) is 47.0 Å². The minimum atomic E-state index is -0.945. The summed E-state index contributed by atoms with van der Waals surface area (Å²) >= 11 is 0.